The van der Waals surface area contributed by atoms with E-state index in [0.29, 0.717) is 30.8 Å². The highest BCUT2D eigenvalue weighted by Gasteiger charge is 2.40. The fourth-order valence-corrected chi connectivity index (χ4v) is 3.19. The zero-order valence-electron chi connectivity index (χ0n) is 13.5. The summed E-state index contributed by atoms with van der Waals surface area (Å²) < 4.78 is 1.70. The van der Waals surface area contributed by atoms with Crippen molar-refractivity contribution in [1.29, 1.82) is 0 Å². The Morgan fingerprint density at radius 2 is 2.28 bits per heavy atom. The normalized spacial score (nSPS) is 20.1. The van der Waals surface area contributed by atoms with Crippen LogP contribution in [0.2, 0.25) is 0 Å². The Bertz CT molecular complexity index is 861. The van der Waals surface area contributed by atoms with Gasteiger partial charge in [-0.3, -0.25) is 9.89 Å². The summed E-state index contributed by atoms with van der Waals surface area (Å²) in [6.45, 7) is 1.31. The fraction of sp³-hybridized carbons (Fsp3) is 0.294. The van der Waals surface area contributed by atoms with E-state index in [4.69, 9.17) is 0 Å². The molecule has 0 bridgehead atoms. The minimum absolute atomic E-state index is 0.0871. The van der Waals surface area contributed by atoms with Crippen LogP contribution in [0, 0.1) is 0 Å². The largest absolute Gasteiger partial charge is 0.382 e. The highest BCUT2D eigenvalue weighted by Crippen LogP contribution is 2.31. The third kappa shape index (κ3) is 3.03. The van der Waals surface area contributed by atoms with Crippen LogP contribution in [0.4, 0.5) is 0 Å². The zero-order valence-corrected chi connectivity index (χ0v) is 13.5. The van der Waals surface area contributed by atoms with Crippen molar-refractivity contribution in [2.45, 2.75) is 18.6 Å². The summed E-state index contributed by atoms with van der Waals surface area (Å²) in [4.78, 5) is 18.4. The molecule has 1 saturated heterocycles. The lowest BCUT2D eigenvalue weighted by Gasteiger charge is -2.22. The Kier molecular flexibility index (Phi) is 3.81. The maximum Gasteiger partial charge on any atom is 0.253 e. The topological polar surface area (TPSA) is 99.9 Å². The standard InChI is InChI=1S/C17H18N6O2/c24-16(22-7-5-17(25,10-22)15-4-6-19-21-15)14-3-1-2-13(8-14)9-23-12-18-11-20-23/h1-4,6,8,11-12,25H,5,7,9-10H2,(H,19,21). The number of nitrogens with one attached hydrogen (secondary N) is 1. The van der Waals surface area contributed by atoms with Gasteiger partial charge in [-0.1, -0.05) is 12.1 Å². The predicted molar refractivity (Wildman–Crippen MR) is 88.6 cm³/mol. The van der Waals surface area contributed by atoms with Crippen molar-refractivity contribution in [3.05, 3.63) is 66.0 Å². The van der Waals surface area contributed by atoms with Crippen LogP contribution in [0.1, 0.15) is 28.0 Å². The van der Waals surface area contributed by atoms with Gasteiger partial charge >= 0.3 is 0 Å². The predicted octanol–water partition coefficient (Wildman–Crippen LogP) is 0.783. The molecule has 0 spiro atoms. The Morgan fingerprint density at radius 1 is 1.36 bits per heavy atom. The first-order valence-corrected chi connectivity index (χ1v) is 8.07. The highest BCUT2D eigenvalue weighted by atomic mass is 16.3. The van der Waals surface area contributed by atoms with E-state index in [1.165, 1.54) is 6.33 Å². The third-order valence-corrected chi connectivity index (χ3v) is 4.52. The molecule has 8 heteroatoms. The number of amides is 1. The molecule has 4 rings (SSSR count). The first-order chi connectivity index (χ1) is 12.1. The molecule has 25 heavy (non-hydrogen) atoms. The first-order valence-electron chi connectivity index (χ1n) is 8.07. The number of β-amino-alcohol motifs (C(OH)–C–C–N with tert-alkyl or cyclic N) is 1. The number of rotatable bonds is 4. The van der Waals surface area contributed by atoms with E-state index in [2.05, 4.69) is 20.3 Å². The Labute approximate surface area is 144 Å². The van der Waals surface area contributed by atoms with Crippen molar-refractivity contribution in [3.8, 4) is 0 Å². The van der Waals surface area contributed by atoms with Gasteiger partial charge in [0.2, 0.25) is 0 Å². The summed E-state index contributed by atoms with van der Waals surface area (Å²) in [5.41, 5.74) is 1.15. The van der Waals surface area contributed by atoms with Crippen molar-refractivity contribution < 1.29 is 9.90 Å². The van der Waals surface area contributed by atoms with Crippen LogP contribution in [-0.4, -0.2) is 54.0 Å². The summed E-state index contributed by atoms with van der Waals surface area (Å²) in [6, 6.07) is 9.20. The number of aromatic amines is 1. The van der Waals surface area contributed by atoms with Crippen molar-refractivity contribution in [2.24, 2.45) is 0 Å². The Morgan fingerprint density at radius 3 is 3.04 bits per heavy atom. The number of nitrogens with zero attached hydrogens (tertiary/aromatic N) is 5. The number of carbonyl (C=O) groups excluding carboxylic acids is 1. The molecule has 128 valence electrons. The number of aromatic nitrogens is 5. The van der Waals surface area contributed by atoms with Crippen molar-refractivity contribution >= 4 is 5.91 Å². The SMILES string of the molecule is O=C(c1cccc(Cn2cncn2)c1)N1CCC(O)(c2ccn[nH]2)C1. The number of likely N-dealkylation sites (tertiary alicyclic amines) is 1. The monoisotopic (exact) mass is 338 g/mol. The average Bonchev–Trinajstić information content (AvgIpc) is 3.36. The molecule has 2 N–H and O–H groups in total. The van der Waals surface area contributed by atoms with Crippen LogP contribution in [0.15, 0.2) is 49.2 Å². The third-order valence-electron chi connectivity index (χ3n) is 4.52. The van der Waals surface area contributed by atoms with Crippen LogP contribution in [0.5, 0.6) is 0 Å². The molecule has 1 aliphatic heterocycles. The molecule has 1 unspecified atom stereocenters. The molecule has 1 amide bonds. The first kappa shape index (κ1) is 15.5. The summed E-state index contributed by atoms with van der Waals surface area (Å²) in [7, 11) is 0. The smallest absolute Gasteiger partial charge is 0.253 e. The van der Waals surface area contributed by atoms with E-state index in [1.54, 1.807) is 34.2 Å². The number of hydrogen-bond donors (Lipinski definition) is 2. The van der Waals surface area contributed by atoms with E-state index < -0.39 is 5.60 Å². The van der Waals surface area contributed by atoms with Gasteiger partial charge in [0.25, 0.3) is 5.91 Å². The van der Waals surface area contributed by atoms with E-state index in [0.717, 1.165) is 5.56 Å². The lowest BCUT2D eigenvalue weighted by Crippen LogP contribution is -2.34. The molecule has 1 atom stereocenters. The van der Waals surface area contributed by atoms with Crippen molar-refractivity contribution in [3.63, 3.8) is 0 Å². The van der Waals surface area contributed by atoms with Crippen LogP contribution in [0.25, 0.3) is 0 Å². The molecular formula is C17H18N6O2. The molecule has 1 fully saturated rings. The van der Waals surface area contributed by atoms with Gasteiger partial charge in [-0.05, 0) is 23.8 Å². The quantitative estimate of drug-likeness (QED) is 0.732. The molecule has 3 heterocycles. The molecule has 1 aliphatic rings. The second kappa shape index (κ2) is 6.14. The van der Waals surface area contributed by atoms with Gasteiger partial charge in [0.1, 0.15) is 18.3 Å². The number of aliphatic hydroxyl groups is 1. The Balaban J connectivity index is 1.50. The zero-order chi connectivity index (χ0) is 17.3. The van der Waals surface area contributed by atoms with Crippen LogP contribution < -0.4 is 0 Å². The van der Waals surface area contributed by atoms with E-state index >= 15 is 0 Å². The van der Waals surface area contributed by atoms with Gasteiger partial charge in [-0.2, -0.15) is 10.2 Å². The van der Waals surface area contributed by atoms with E-state index in [1.807, 2.05) is 18.2 Å². The van der Waals surface area contributed by atoms with Crippen LogP contribution >= 0.6 is 0 Å². The molecule has 0 saturated carbocycles. The van der Waals surface area contributed by atoms with Gasteiger partial charge in [0.05, 0.1) is 18.8 Å². The molecule has 3 aromatic rings. The fourth-order valence-electron chi connectivity index (χ4n) is 3.19. The lowest BCUT2D eigenvalue weighted by molar-refractivity contribution is 0.0382. The summed E-state index contributed by atoms with van der Waals surface area (Å²) in [6.07, 6.45) is 5.21. The van der Waals surface area contributed by atoms with Gasteiger partial charge in [-0.15, -0.1) is 0 Å². The number of hydrogen-bond acceptors (Lipinski definition) is 5. The average molecular weight is 338 g/mol. The molecule has 1 aromatic carbocycles. The molecule has 2 aromatic heterocycles. The maximum absolute atomic E-state index is 12.8. The van der Waals surface area contributed by atoms with Gasteiger partial charge in [0.15, 0.2) is 0 Å². The van der Waals surface area contributed by atoms with Gasteiger partial charge < -0.3 is 10.0 Å². The second-order valence-electron chi connectivity index (χ2n) is 6.27. The highest BCUT2D eigenvalue weighted by molar-refractivity contribution is 5.94. The maximum atomic E-state index is 12.8. The minimum atomic E-state index is -1.06. The summed E-state index contributed by atoms with van der Waals surface area (Å²) in [5.74, 6) is -0.0871. The molecule has 0 aliphatic carbocycles. The van der Waals surface area contributed by atoms with Crippen LogP contribution in [-0.2, 0) is 12.1 Å². The second-order valence-corrected chi connectivity index (χ2v) is 6.27. The van der Waals surface area contributed by atoms with E-state index in [-0.39, 0.29) is 12.5 Å². The number of benzene rings is 1. The lowest BCUT2D eigenvalue weighted by atomic mass is 9.99. The van der Waals surface area contributed by atoms with Gasteiger partial charge in [-0.25, -0.2) is 9.67 Å². The number of carbonyl (C=O) groups is 1. The van der Waals surface area contributed by atoms with Crippen molar-refractivity contribution in [2.75, 3.05) is 13.1 Å². The van der Waals surface area contributed by atoms with Crippen molar-refractivity contribution in [1.82, 2.24) is 29.9 Å². The molecule has 0 radical (unpaired) electrons. The van der Waals surface area contributed by atoms with Gasteiger partial charge in [0, 0.05) is 24.7 Å². The summed E-state index contributed by atoms with van der Waals surface area (Å²) >= 11 is 0. The molecule has 8 nitrogen and oxygen atoms in total. The van der Waals surface area contributed by atoms with Crippen LogP contribution in [0.3, 0.4) is 0 Å². The number of H-pyrrole nitrogens is 1. The minimum Gasteiger partial charge on any atom is -0.382 e. The molecular weight excluding hydrogens is 320 g/mol. The van der Waals surface area contributed by atoms with E-state index in [9.17, 15) is 9.90 Å². The summed E-state index contributed by atoms with van der Waals surface area (Å²) in [5, 5.41) is 21.5. The Hall–Kier alpha value is -3.00.